The van der Waals surface area contributed by atoms with Crippen LogP contribution in [-0.4, -0.2) is 19.3 Å². The molecule has 3 nitrogen and oxygen atoms in total. The summed E-state index contributed by atoms with van der Waals surface area (Å²) in [7, 11) is 0. The molecule has 1 aromatic heterocycles. The summed E-state index contributed by atoms with van der Waals surface area (Å²) < 4.78 is 11.4. The number of aryl methyl sites for hydroxylation is 1. The molecule has 18 heavy (non-hydrogen) atoms. The Morgan fingerprint density at radius 1 is 1.33 bits per heavy atom. The first-order chi connectivity index (χ1) is 8.84. The van der Waals surface area contributed by atoms with Crippen molar-refractivity contribution in [3.8, 4) is 0 Å². The molecule has 0 amide bonds. The quantitative estimate of drug-likeness (QED) is 0.899. The molecule has 1 aliphatic rings. The summed E-state index contributed by atoms with van der Waals surface area (Å²) in [5.41, 5.74) is 2.24. The number of ether oxygens (including phenoxy) is 1. The van der Waals surface area contributed by atoms with Crippen molar-refractivity contribution in [2.24, 2.45) is 0 Å². The first-order valence-electron chi connectivity index (χ1n) is 6.64. The van der Waals surface area contributed by atoms with Crippen LogP contribution in [0.4, 0.5) is 0 Å². The van der Waals surface area contributed by atoms with Crippen LogP contribution in [0.25, 0.3) is 11.0 Å². The van der Waals surface area contributed by atoms with Crippen molar-refractivity contribution in [1.29, 1.82) is 0 Å². The summed E-state index contributed by atoms with van der Waals surface area (Å²) in [6.07, 6.45) is 2.77. The average molecular weight is 245 g/mol. The number of para-hydroxylation sites is 1. The zero-order valence-electron chi connectivity index (χ0n) is 10.7. The van der Waals surface area contributed by atoms with E-state index in [1.807, 2.05) is 19.1 Å². The van der Waals surface area contributed by atoms with Gasteiger partial charge in [0.2, 0.25) is 0 Å². The molecule has 1 atom stereocenters. The SMILES string of the molecule is Cc1oc2ccccc2c1CNCC1CCCO1. The topological polar surface area (TPSA) is 34.4 Å². The molecule has 0 spiro atoms. The second-order valence-electron chi connectivity index (χ2n) is 4.90. The Hall–Kier alpha value is -1.32. The highest BCUT2D eigenvalue weighted by Crippen LogP contribution is 2.25. The van der Waals surface area contributed by atoms with E-state index in [-0.39, 0.29) is 0 Å². The lowest BCUT2D eigenvalue weighted by molar-refractivity contribution is 0.110. The third-order valence-electron chi connectivity index (χ3n) is 3.60. The van der Waals surface area contributed by atoms with Crippen molar-refractivity contribution in [2.75, 3.05) is 13.2 Å². The van der Waals surface area contributed by atoms with Crippen molar-refractivity contribution in [3.05, 3.63) is 35.6 Å². The molecule has 1 unspecified atom stereocenters. The maximum absolute atomic E-state index is 5.75. The molecule has 1 fully saturated rings. The maximum atomic E-state index is 5.75. The zero-order chi connectivity index (χ0) is 12.4. The summed E-state index contributed by atoms with van der Waals surface area (Å²) in [6.45, 7) is 4.73. The molecule has 2 aromatic rings. The molecule has 1 aromatic carbocycles. The molecular formula is C15H19NO2. The number of hydrogen-bond donors (Lipinski definition) is 1. The first-order valence-corrected chi connectivity index (χ1v) is 6.64. The van der Waals surface area contributed by atoms with Gasteiger partial charge in [-0.05, 0) is 25.8 Å². The van der Waals surface area contributed by atoms with E-state index in [1.54, 1.807) is 0 Å². The second-order valence-corrected chi connectivity index (χ2v) is 4.90. The lowest BCUT2D eigenvalue weighted by Gasteiger charge is -2.10. The first kappa shape index (κ1) is 11.8. The minimum atomic E-state index is 0.392. The van der Waals surface area contributed by atoms with Crippen LogP contribution in [0.2, 0.25) is 0 Å². The molecule has 3 rings (SSSR count). The molecule has 2 heterocycles. The van der Waals surface area contributed by atoms with Crippen LogP contribution in [0.15, 0.2) is 28.7 Å². The van der Waals surface area contributed by atoms with E-state index in [4.69, 9.17) is 9.15 Å². The molecule has 0 radical (unpaired) electrons. The predicted octanol–water partition coefficient (Wildman–Crippen LogP) is 3.01. The van der Waals surface area contributed by atoms with E-state index < -0.39 is 0 Å². The van der Waals surface area contributed by atoms with Crippen molar-refractivity contribution in [3.63, 3.8) is 0 Å². The van der Waals surface area contributed by atoms with E-state index >= 15 is 0 Å². The van der Waals surface area contributed by atoms with Gasteiger partial charge in [0, 0.05) is 30.6 Å². The molecule has 96 valence electrons. The fourth-order valence-corrected chi connectivity index (χ4v) is 2.60. The fourth-order valence-electron chi connectivity index (χ4n) is 2.60. The van der Waals surface area contributed by atoms with Crippen molar-refractivity contribution >= 4 is 11.0 Å². The Bertz CT molecular complexity index is 526. The number of nitrogens with one attached hydrogen (secondary N) is 1. The van der Waals surface area contributed by atoms with Gasteiger partial charge in [0.25, 0.3) is 0 Å². The molecule has 1 saturated heterocycles. The Morgan fingerprint density at radius 3 is 3.06 bits per heavy atom. The van der Waals surface area contributed by atoms with Crippen LogP contribution in [0.1, 0.15) is 24.2 Å². The molecule has 1 N–H and O–H groups in total. The zero-order valence-corrected chi connectivity index (χ0v) is 10.7. The highest BCUT2D eigenvalue weighted by Gasteiger charge is 2.15. The lowest BCUT2D eigenvalue weighted by Crippen LogP contribution is -2.25. The lowest BCUT2D eigenvalue weighted by atomic mass is 10.1. The van der Waals surface area contributed by atoms with Crippen molar-refractivity contribution in [2.45, 2.75) is 32.4 Å². The van der Waals surface area contributed by atoms with Gasteiger partial charge in [-0.2, -0.15) is 0 Å². The fraction of sp³-hybridized carbons (Fsp3) is 0.467. The Kier molecular flexibility index (Phi) is 3.35. The van der Waals surface area contributed by atoms with Crippen molar-refractivity contribution in [1.82, 2.24) is 5.32 Å². The van der Waals surface area contributed by atoms with Gasteiger partial charge in [-0.3, -0.25) is 0 Å². The second kappa shape index (κ2) is 5.12. The van der Waals surface area contributed by atoms with Gasteiger partial charge in [0.1, 0.15) is 11.3 Å². The molecule has 1 aliphatic heterocycles. The number of fused-ring (bicyclic) bond motifs is 1. The summed E-state index contributed by atoms with van der Waals surface area (Å²) in [6, 6.07) is 8.20. The maximum Gasteiger partial charge on any atom is 0.134 e. The third-order valence-corrected chi connectivity index (χ3v) is 3.60. The van der Waals surface area contributed by atoms with Crippen LogP contribution in [-0.2, 0) is 11.3 Å². The van der Waals surface area contributed by atoms with Crippen LogP contribution in [0, 0.1) is 6.92 Å². The van der Waals surface area contributed by atoms with E-state index in [9.17, 15) is 0 Å². The predicted molar refractivity (Wildman–Crippen MR) is 71.6 cm³/mol. The Morgan fingerprint density at radius 2 is 2.22 bits per heavy atom. The van der Waals surface area contributed by atoms with Gasteiger partial charge in [0.15, 0.2) is 0 Å². The molecule has 3 heteroatoms. The third kappa shape index (κ3) is 2.28. The summed E-state index contributed by atoms with van der Waals surface area (Å²) in [4.78, 5) is 0. The molecule has 0 aliphatic carbocycles. The van der Waals surface area contributed by atoms with E-state index in [0.717, 1.165) is 31.0 Å². The van der Waals surface area contributed by atoms with Gasteiger partial charge >= 0.3 is 0 Å². The highest BCUT2D eigenvalue weighted by molar-refractivity contribution is 5.82. The summed E-state index contributed by atoms with van der Waals surface area (Å²) >= 11 is 0. The van der Waals surface area contributed by atoms with Crippen LogP contribution < -0.4 is 5.32 Å². The smallest absolute Gasteiger partial charge is 0.134 e. The minimum absolute atomic E-state index is 0.392. The number of hydrogen-bond acceptors (Lipinski definition) is 3. The molecular weight excluding hydrogens is 226 g/mol. The van der Waals surface area contributed by atoms with Crippen LogP contribution >= 0.6 is 0 Å². The van der Waals surface area contributed by atoms with Crippen molar-refractivity contribution < 1.29 is 9.15 Å². The molecule has 0 bridgehead atoms. The van der Waals surface area contributed by atoms with Gasteiger partial charge in [0.05, 0.1) is 6.10 Å². The Balaban J connectivity index is 1.68. The Labute approximate surface area is 107 Å². The van der Waals surface area contributed by atoms with Gasteiger partial charge in [-0.15, -0.1) is 0 Å². The minimum Gasteiger partial charge on any atom is -0.461 e. The largest absolute Gasteiger partial charge is 0.461 e. The number of rotatable bonds is 4. The molecule has 0 saturated carbocycles. The average Bonchev–Trinajstić information content (AvgIpc) is 2.98. The van der Waals surface area contributed by atoms with Crippen LogP contribution in [0.3, 0.4) is 0 Å². The number of furan rings is 1. The summed E-state index contributed by atoms with van der Waals surface area (Å²) in [5, 5.41) is 4.70. The van der Waals surface area contributed by atoms with E-state index in [1.165, 1.54) is 23.8 Å². The normalized spacial score (nSPS) is 19.7. The van der Waals surface area contributed by atoms with E-state index in [0.29, 0.717) is 6.10 Å². The monoisotopic (exact) mass is 245 g/mol. The van der Waals surface area contributed by atoms with Gasteiger partial charge < -0.3 is 14.5 Å². The number of benzene rings is 1. The summed E-state index contributed by atoms with van der Waals surface area (Å²) in [5.74, 6) is 1.01. The standard InChI is InChI=1S/C15H19NO2/c1-11-14(10-16-9-12-5-4-8-17-12)13-6-2-3-7-15(13)18-11/h2-3,6-7,12,16H,4-5,8-10H2,1H3. The highest BCUT2D eigenvalue weighted by atomic mass is 16.5. The van der Waals surface area contributed by atoms with E-state index in [2.05, 4.69) is 17.4 Å². The van der Waals surface area contributed by atoms with Gasteiger partial charge in [-0.25, -0.2) is 0 Å². The van der Waals surface area contributed by atoms with Gasteiger partial charge in [-0.1, -0.05) is 18.2 Å². The van der Waals surface area contributed by atoms with Crippen LogP contribution in [0.5, 0.6) is 0 Å².